The zero-order valence-electron chi connectivity index (χ0n) is 8.00. The molecule has 14 heavy (non-hydrogen) atoms. The van der Waals surface area contributed by atoms with E-state index in [9.17, 15) is 4.39 Å². The van der Waals surface area contributed by atoms with Crippen LogP contribution in [0.2, 0.25) is 0 Å². The smallest absolute Gasteiger partial charge is 0.126 e. The van der Waals surface area contributed by atoms with Gasteiger partial charge >= 0.3 is 0 Å². The summed E-state index contributed by atoms with van der Waals surface area (Å²) in [6.07, 6.45) is 0. The molecule has 0 aliphatic heterocycles. The summed E-state index contributed by atoms with van der Waals surface area (Å²) in [5.41, 5.74) is 2.04. The Balaban J connectivity index is 2.88. The molecule has 1 aromatic heterocycles. The van der Waals surface area contributed by atoms with Gasteiger partial charge < -0.3 is 4.57 Å². The third-order valence-electron chi connectivity index (χ3n) is 2.44. The molecule has 0 fully saturated rings. The Labute approximate surface area is 81.2 Å². The van der Waals surface area contributed by atoms with Crippen LogP contribution in [0.15, 0.2) is 18.2 Å². The van der Waals surface area contributed by atoms with Crippen LogP contribution in [0.5, 0.6) is 0 Å². The molecule has 0 bridgehead atoms. The van der Waals surface area contributed by atoms with Gasteiger partial charge in [-0.2, -0.15) is 5.26 Å². The lowest BCUT2D eigenvalue weighted by Gasteiger charge is -1.99. The van der Waals surface area contributed by atoms with Crippen LogP contribution in [0.25, 0.3) is 10.9 Å². The highest BCUT2D eigenvalue weighted by molar-refractivity contribution is 5.83. The van der Waals surface area contributed by atoms with E-state index in [0.717, 1.165) is 10.9 Å². The van der Waals surface area contributed by atoms with E-state index in [1.807, 2.05) is 0 Å². The molecule has 0 aliphatic rings. The molecule has 0 radical (unpaired) electrons. The molecular formula is C11H9FN2. The van der Waals surface area contributed by atoms with Gasteiger partial charge in [-0.15, -0.1) is 0 Å². The van der Waals surface area contributed by atoms with Gasteiger partial charge in [-0.25, -0.2) is 4.39 Å². The van der Waals surface area contributed by atoms with E-state index in [0.29, 0.717) is 11.3 Å². The molecule has 70 valence electrons. The Morgan fingerprint density at radius 2 is 2.07 bits per heavy atom. The summed E-state index contributed by atoms with van der Waals surface area (Å²) in [5.74, 6) is -0.229. The summed E-state index contributed by atoms with van der Waals surface area (Å²) in [6.45, 7) is 1.72. The van der Waals surface area contributed by atoms with Gasteiger partial charge in [0.15, 0.2) is 0 Å². The fourth-order valence-corrected chi connectivity index (χ4v) is 1.57. The van der Waals surface area contributed by atoms with Crippen LogP contribution in [0, 0.1) is 24.1 Å². The first kappa shape index (κ1) is 8.76. The van der Waals surface area contributed by atoms with Crippen LogP contribution in [-0.4, -0.2) is 4.57 Å². The molecule has 0 unspecified atom stereocenters. The number of hydrogen-bond donors (Lipinski definition) is 0. The molecule has 1 aromatic carbocycles. The third kappa shape index (κ3) is 1.08. The number of hydrogen-bond acceptors (Lipinski definition) is 1. The lowest BCUT2D eigenvalue weighted by molar-refractivity contribution is 0.620. The molecule has 2 rings (SSSR count). The monoisotopic (exact) mass is 188 g/mol. The number of benzene rings is 1. The van der Waals surface area contributed by atoms with Gasteiger partial charge in [-0.3, -0.25) is 0 Å². The highest BCUT2D eigenvalue weighted by atomic mass is 19.1. The molecule has 2 aromatic rings. The molecule has 1 heterocycles. The Bertz CT molecular complexity index is 546. The number of fused-ring (bicyclic) bond motifs is 1. The quantitative estimate of drug-likeness (QED) is 0.624. The highest BCUT2D eigenvalue weighted by Gasteiger charge is 2.07. The summed E-state index contributed by atoms with van der Waals surface area (Å²) < 4.78 is 15.0. The lowest BCUT2D eigenvalue weighted by atomic mass is 10.2. The van der Waals surface area contributed by atoms with Crippen LogP contribution in [0.3, 0.4) is 0 Å². The second-order valence-corrected chi connectivity index (χ2v) is 3.36. The minimum atomic E-state index is -0.229. The van der Waals surface area contributed by atoms with E-state index >= 15 is 0 Å². The van der Waals surface area contributed by atoms with E-state index in [4.69, 9.17) is 5.26 Å². The third-order valence-corrected chi connectivity index (χ3v) is 2.44. The molecule has 0 saturated heterocycles. The first-order chi connectivity index (χ1) is 6.63. The van der Waals surface area contributed by atoms with Crippen LogP contribution in [-0.2, 0) is 7.05 Å². The maximum Gasteiger partial charge on any atom is 0.126 e. The summed E-state index contributed by atoms with van der Waals surface area (Å²) in [5, 5.41) is 9.56. The second kappa shape index (κ2) is 2.85. The van der Waals surface area contributed by atoms with Crippen molar-refractivity contribution >= 4 is 10.9 Å². The summed E-state index contributed by atoms with van der Waals surface area (Å²) >= 11 is 0. The van der Waals surface area contributed by atoms with Crippen molar-refractivity contribution < 1.29 is 4.39 Å². The average molecular weight is 188 g/mol. The van der Waals surface area contributed by atoms with Crippen LogP contribution in [0.4, 0.5) is 4.39 Å². The molecule has 0 atom stereocenters. The number of halogens is 1. The molecule has 0 saturated carbocycles. The van der Waals surface area contributed by atoms with Gasteiger partial charge in [0.1, 0.15) is 17.6 Å². The van der Waals surface area contributed by atoms with E-state index in [1.54, 1.807) is 30.7 Å². The number of rotatable bonds is 0. The standard InChI is InChI=1S/C11H9FN2/c1-7-3-11-8(5-10(7)12)4-9(6-13)14(11)2/h3-5H,1-2H3. The molecular weight excluding hydrogens is 179 g/mol. The topological polar surface area (TPSA) is 28.7 Å². The minimum absolute atomic E-state index is 0.229. The van der Waals surface area contributed by atoms with Crippen molar-refractivity contribution in [3.8, 4) is 6.07 Å². The minimum Gasteiger partial charge on any atom is -0.335 e. The van der Waals surface area contributed by atoms with Crippen LogP contribution >= 0.6 is 0 Å². The first-order valence-corrected chi connectivity index (χ1v) is 4.29. The average Bonchev–Trinajstić information content (AvgIpc) is 2.45. The Kier molecular flexibility index (Phi) is 1.78. The maximum atomic E-state index is 13.2. The molecule has 0 N–H and O–H groups in total. The van der Waals surface area contributed by atoms with Crippen LogP contribution < -0.4 is 0 Å². The van der Waals surface area contributed by atoms with Crippen molar-refractivity contribution in [2.75, 3.05) is 0 Å². The second-order valence-electron chi connectivity index (χ2n) is 3.36. The highest BCUT2D eigenvalue weighted by Crippen LogP contribution is 2.21. The van der Waals surface area contributed by atoms with Crippen molar-refractivity contribution in [3.05, 3.63) is 35.3 Å². The predicted octanol–water partition coefficient (Wildman–Crippen LogP) is 2.50. The SMILES string of the molecule is Cc1cc2c(cc1F)cc(C#N)n2C. The first-order valence-electron chi connectivity index (χ1n) is 4.29. The van der Waals surface area contributed by atoms with Crippen molar-refractivity contribution in [1.29, 1.82) is 5.26 Å². The Morgan fingerprint density at radius 3 is 2.71 bits per heavy atom. The summed E-state index contributed by atoms with van der Waals surface area (Å²) in [4.78, 5) is 0. The van der Waals surface area contributed by atoms with Crippen molar-refractivity contribution in [2.45, 2.75) is 6.92 Å². The zero-order chi connectivity index (χ0) is 10.3. The lowest BCUT2D eigenvalue weighted by Crippen LogP contribution is -1.91. The van der Waals surface area contributed by atoms with Gasteiger partial charge in [0.2, 0.25) is 0 Å². The van der Waals surface area contributed by atoms with E-state index in [1.165, 1.54) is 6.07 Å². The number of aryl methyl sites for hydroxylation is 2. The number of aromatic nitrogens is 1. The fourth-order valence-electron chi connectivity index (χ4n) is 1.57. The van der Waals surface area contributed by atoms with E-state index in [2.05, 4.69) is 6.07 Å². The van der Waals surface area contributed by atoms with Gasteiger partial charge in [0.25, 0.3) is 0 Å². The zero-order valence-corrected chi connectivity index (χ0v) is 8.00. The van der Waals surface area contributed by atoms with Crippen molar-refractivity contribution in [1.82, 2.24) is 4.57 Å². The Morgan fingerprint density at radius 1 is 1.36 bits per heavy atom. The van der Waals surface area contributed by atoms with E-state index < -0.39 is 0 Å². The van der Waals surface area contributed by atoms with Crippen molar-refractivity contribution in [3.63, 3.8) is 0 Å². The molecule has 0 amide bonds. The van der Waals surface area contributed by atoms with Gasteiger partial charge in [-0.1, -0.05) is 0 Å². The number of nitrogens with zero attached hydrogens (tertiary/aromatic N) is 2. The van der Waals surface area contributed by atoms with Crippen LogP contribution in [0.1, 0.15) is 11.3 Å². The normalized spacial score (nSPS) is 10.4. The molecule has 0 spiro atoms. The number of nitriles is 1. The van der Waals surface area contributed by atoms with Gasteiger partial charge in [-0.05, 0) is 30.7 Å². The molecule has 2 nitrogen and oxygen atoms in total. The summed E-state index contributed by atoms with van der Waals surface area (Å²) in [7, 11) is 1.80. The van der Waals surface area contributed by atoms with Gasteiger partial charge in [0, 0.05) is 18.0 Å². The predicted molar refractivity (Wildman–Crippen MR) is 52.3 cm³/mol. The molecule has 3 heteroatoms. The van der Waals surface area contributed by atoms with Gasteiger partial charge in [0.05, 0.1) is 0 Å². The van der Waals surface area contributed by atoms with E-state index in [-0.39, 0.29) is 5.82 Å². The fraction of sp³-hybridized carbons (Fsp3) is 0.182. The maximum absolute atomic E-state index is 13.2. The summed E-state index contributed by atoms with van der Waals surface area (Å²) in [6, 6.07) is 6.98. The van der Waals surface area contributed by atoms with Crippen molar-refractivity contribution in [2.24, 2.45) is 7.05 Å². The largest absolute Gasteiger partial charge is 0.335 e. The molecule has 0 aliphatic carbocycles. The Hall–Kier alpha value is -1.82.